The third-order valence-corrected chi connectivity index (χ3v) is 3.83. The van der Waals surface area contributed by atoms with Crippen LogP contribution in [0.2, 0.25) is 5.02 Å². The lowest BCUT2D eigenvalue weighted by atomic mass is 9.77. The molecule has 0 aromatic heterocycles. The van der Waals surface area contributed by atoms with Crippen molar-refractivity contribution in [1.82, 2.24) is 5.32 Å². The average Bonchev–Trinajstić information content (AvgIpc) is 2.43. The first-order valence-electron chi connectivity index (χ1n) is 5.36. The summed E-state index contributed by atoms with van der Waals surface area (Å²) >= 11 is 6.03. The second-order valence-corrected chi connectivity index (χ2v) is 4.75. The fraction of sp³-hybridized carbons (Fsp3) is 0.417. The first kappa shape index (κ1) is 9.22. The summed E-state index contributed by atoms with van der Waals surface area (Å²) < 4.78 is 0. The SMILES string of the molecule is O=C1NC(C2CCC2)c2cccc(Cl)c21. The number of benzene rings is 1. The molecule has 1 fully saturated rings. The maximum atomic E-state index is 11.7. The molecule has 1 unspecified atom stereocenters. The van der Waals surface area contributed by atoms with Crippen LogP contribution in [0, 0.1) is 5.92 Å². The van der Waals surface area contributed by atoms with Gasteiger partial charge in [-0.05, 0) is 30.4 Å². The van der Waals surface area contributed by atoms with Crippen LogP contribution >= 0.6 is 11.6 Å². The van der Waals surface area contributed by atoms with E-state index in [2.05, 4.69) is 5.32 Å². The Morgan fingerprint density at radius 2 is 2.13 bits per heavy atom. The van der Waals surface area contributed by atoms with E-state index in [-0.39, 0.29) is 11.9 Å². The molecule has 1 aromatic carbocycles. The molecule has 1 amide bonds. The smallest absolute Gasteiger partial charge is 0.253 e. The van der Waals surface area contributed by atoms with Crippen molar-refractivity contribution in [2.24, 2.45) is 5.92 Å². The molecule has 1 atom stereocenters. The van der Waals surface area contributed by atoms with Crippen LogP contribution in [-0.2, 0) is 0 Å². The Hall–Kier alpha value is -1.02. The molecule has 0 bridgehead atoms. The normalized spacial score (nSPS) is 24.6. The Bertz CT molecular complexity index is 426. The standard InChI is InChI=1S/C12H12ClNO/c13-9-6-2-5-8-10(9)12(15)14-11(8)7-3-1-4-7/h2,5-7,11H,1,3-4H2,(H,14,15). The summed E-state index contributed by atoms with van der Waals surface area (Å²) in [6.07, 6.45) is 3.72. The molecule has 1 aliphatic heterocycles. The molecule has 2 aliphatic rings. The molecule has 0 radical (unpaired) electrons. The lowest BCUT2D eigenvalue weighted by Gasteiger charge is -2.31. The van der Waals surface area contributed by atoms with Crippen molar-refractivity contribution in [1.29, 1.82) is 0 Å². The molecule has 0 saturated heterocycles. The minimum atomic E-state index is -0.00694. The van der Waals surface area contributed by atoms with E-state index in [0.717, 1.165) is 5.56 Å². The van der Waals surface area contributed by atoms with Crippen LogP contribution in [0.5, 0.6) is 0 Å². The van der Waals surface area contributed by atoms with Crippen LogP contribution in [0.1, 0.15) is 41.2 Å². The maximum Gasteiger partial charge on any atom is 0.253 e. The van der Waals surface area contributed by atoms with Gasteiger partial charge in [0.15, 0.2) is 0 Å². The first-order valence-corrected chi connectivity index (χ1v) is 5.74. The van der Waals surface area contributed by atoms with Crippen molar-refractivity contribution in [3.05, 3.63) is 34.3 Å². The Kier molecular flexibility index (Phi) is 1.99. The molecule has 78 valence electrons. The number of carbonyl (C=O) groups excluding carboxylic acids is 1. The number of fused-ring (bicyclic) bond motifs is 1. The van der Waals surface area contributed by atoms with Gasteiger partial charge in [0, 0.05) is 0 Å². The van der Waals surface area contributed by atoms with Crippen LogP contribution in [0.3, 0.4) is 0 Å². The van der Waals surface area contributed by atoms with Crippen LogP contribution in [-0.4, -0.2) is 5.91 Å². The average molecular weight is 222 g/mol. The summed E-state index contributed by atoms with van der Waals surface area (Å²) in [5, 5.41) is 3.61. The molecule has 1 heterocycles. The van der Waals surface area contributed by atoms with Crippen molar-refractivity contribution in [3.63, 3.8) is 0 Å². The molecule has 1 aliphatic carbocycles. The highest BCUT2D eigenvalue weighted by Gasteiger charge is 2.37. The van der Waals surface area contributed by atoms with Gasteiger partial charge in [0.25, 0.3) is 5.91 Å². The highest BCUT2D eigenvalue weighted by Crippen LogP contribution is 2.42. The second kappa shape index (κ2) is 3.24. The van der Waals surface area contributed by atoms with E-state index in [1.807, 2.05) is 12.1 Å². The van der Waals surface area contributed by atoms with Gasteiger partial charge in [-0.15, -0.1) is 0 Å². The van der Waals surface area contributed by atoms with Gasteiger partial charge >= 0.3 is 0 Å². The molecule has 1 N–H and O–H groups in total. The molecule has 3 rings (SSSR count). The van der Waals surface area contributed by atoms with Crippen LogP contribution in [0.4, 0.5) is 0 Å². The molecule has 0 spiro atoms. The zero-order chi connectivity index (χ0) is 10.4. The van der Waals surface area contributed by atoms with E-state index in [4.69, 9.17) is 11.6 Å². The molecule has 3 heteroatoms. The number of hydrogen-bond donors (Lipinski definition) is 1. The Balaban J connectivity index is 2.05. The van der Waals surface area contributed by atoms with Gasteiger partial charge in [-0.1, -0.05) is 30.2 Å². The molecule has 2 nitrogen and oxygen atoms in total. The zero-order valence-electron chi connectivity index (χ0n) is 8.29. The minimum absolute atomic E-state index is 0.00694. The number of carbonyl (C=O) groups is 1. The van der Waals surface area contributed by atoms with Gasteiger partial charge in [0.05, 0.1) is 16.6 Å². The highest BCUT2D eigenvalue weighted by atomic mass is 35.5. The quantitative estimate of drug-likeness (QED) is 0.776. The van der Waals surface area contributed by atoms with Crippen LogP contribution in [0.25, 0.3) is 0 Å². The van der Waals surface area contributed by atoms with Gasteiger partial charge in [-0.3, -0.25) is 4.79 Å². The predicted molar refractivity (Wildman–Crippen MR) is 59.0 cm³/mol. The topological polar surface area (TPSA) is 29.1 Å². The van der Waals surface area contributed by atoms with E-state index in [1.54, 1.807) is 6.07 Å². The van der Waals surface area contributed by atoms with Gasteiger partial charge in [0.1, 0.15) is 0 Å². The maximum absolute atomic E-state index is 11.7. The predicted octanol–water partition coefficient (Wildman–Crippen LogP) is 2.92. The Morgan fingerprint density at radius 3 is 2.80 bits per heavy atom. The van der Waals surface area contributed by atoms with Crippen LogP contribution in [0.15, 0.2) is 18.2 Å². The van der Waals surface area contributed by atoms with Gasteiger partial charge in [0.2, 0.25) is 0 Å². The van der Waals surface area contributed by atoms with Crippen molar-refractivity contribution >= 4 is 17.5 Å². The Labute approximate surface area is 93.6 Å². The third kappa shape index (κ3) is 1.28. The minimum Gasteiger partial charge on any atom is -0.345 e. The van der Waals surface area contributed by atoms with Crippen LogP contribution < -0.4 is 5.32 Å². The van der Waals surface area contributed by atoms with Crippen molar-refractivity contribution in [2.75, 3.05) is 0 Å². The fourth-order valence-electron chi connectivity index (χ4n) is 2.48. The van der Waals surface area contributed by atoms with Crippen molar-refractivity contribution < 1.29 is 4.79 Å². The highest BCUT2D eigenvalue weighted by molar-refractivity contribution is 6.34. The number of amides is 1. The summed E-state index contributed by atoms with van der Waals surface area (Å²) in [7, 11) is 0. The largest absolute Gasteiger partial charge is 0.345 e. The van der Waals surface area contributed by atoms with E-state index in [9.17, 15) is 4.79 Å². The summed E-state index contributed by atoms with van der Waals surface area (Å²) in [5.41, 5.74) is 1.79. The van der Waals surface area contributed by atoms with Crippen molar-refractivity contribution in [2.45, 2.75) is 25.3 Å². The molecular formula is C12H12ClNO. The molecule has 1 aromatic rings. The van der Waals surface area contributed by atoms with Gasteiger partial charge in [-0.25, -0.2) is 0 Å². The number of halogens is 1. The number of rotatable bonds is 1. The summed E-state index contributed by atoms with van der Waals surface area (Å²) in [5.74, 6) is 0.612. The lowest BCUT2D eigenvalue weighted by molar-refractivity contribution is 0.0932. The Morgan fingerprint density at radius 1 is 1.33 bits per heavy atom. The second-order valence-electron chi connectivity index (χ2n) is 4.35. The lowest BCUT2D eigenvalue weighted by Crippen LogP contribution is -2.29. The van der Waals surface area contributed by atoms with Crippen molar-refractivity contribution in [3.8, 4) is 0 Å². The summed E-state index contributed by atoms with van der Waals surface area (Å²) in [6, 6.07) is 5.93. The molecular weight excluding hydrogens is 210 g/mol. The van der Waals surface area contributed by atoms with E-state index < -0.39 is 0 Å². The number of nitrogens with one attached hydrogen (secondary N) is 1. The number of hydrogen-bond acceptors (Lipinski definition) is 1. The summed E-state index contributed by atoms with van der Waals surface area (Å²) in [6.45, 7) is 0. The van der Waals surface area contributed by atoms with Gasteiger partial charge in [-0.2, -0.15) is 0 Å². The van der Waals surface area contributed by atoms with E-state index in [1.165, 1.54) is 19.3 Å². The van der Waals surface area contributed by atoms with E-state index >= 15 is 0 Å². The van der Waals surface area contributed by atoms with Gasteiger partial charge < -0.3 is 5.32 Å². The third-order valence-electron chi connectivity index (χ3n) is 3.52. The van der Waals surface area contributed by atoms with E-state index in [0.29, 0.717) is 16.5 Å². The first-order chi connectivity index (χ1) is 7.27. The fourth-order valence-corrected chi connectivity index (χ4v) is 2.74. The molecule has 15 heavy (non-hydrogen) atoms. The summed E-state index contributed by atoms with van der Waals surface area (Å²) in [4.78, 5) is 11.7. The monoisotopic (exact) mass is 221 g/mol. The zero-order valence-corrected chi connectivity index (χ0v) is 9.05. The molecule has 1 saturated carbocycles.